The molecule has 2 heterocycles. The van der Waals surface area contributed by atoms with E-state index < -0.39 is 0 Å². The van der Waals surface area contributed by atoms with Crippen LogP contribution in [-0.4, -0.2) is 35.4 Å². The lowest BCUT2D eigenvalue weighted by molar-refractivity contribution is 0.0296. The number of morpholine rings is 1. The minimum absolute atomic E-state index is 0.0344. The molecular formula is C17H22N2O2. The second-order valence-electron chi connectivity index (χ2n) is 5.67. The van der Waals surface area contributed by atoms with Crippen LogP contribution in [0.5, 0.6) is 0 Å². The van der Waals surface area contributed by atoms with Crippen LogP contribution in [0.15, 0.2) is 30.3 Å². The third-order valence-corrected chi connectivity index (χ3v) is 4.19. The zero-order valence-electron chi connectivity index (χ0n) is 12.6. The summed E-state index contributed by atoms with van der Waals surface area (Å²) in [5.41, 5.74) is 1.87. The van der Waals surface area contributed by atoms with E-state index in [0.717, 1.165) is 41.9 Å². The molecule has 2 unspecified atom stereocenters. The number of aliphatic hydroxyl groups is 1. The maximum Gasteiger partial charge on any atom is 0.130 e. The third kappa shape index (κ3) is 2.74. The number of aliphatic hydroxyl groups excluding tert-OH is 1. The van der Waals surface area contributed by atoms with Crippen molar-refractivity contribution in [2.75, 3.05) is 18.1 Å². The van der Waals surface area contributed by atoms with E-state index in [4.69, 9.17) is 9.72 Å². The number of hydrogen-bond donors (Lipinski definition) is 1. The lowest BCUT2D eigenvalue weighted by Gasteiger charge is -2.39. The number of benzene rings is 1. The minimum atomic E-state index is 0.0344. The molecule has 1 aliphatic rings. The zero-order chi connectivity index (χ0) is 14.8. The molecule has 1 aromatic carbocycles. The Morgan fingerprint density at radius 1 is 1.38 bits per heavy atom. The molecule has 1 aliphatic heterocycles. The Balaban J connectivity index is 2.06. The lowest BCUT2D eigenvalue weighted by atomic mass is 10.1. The predicted molar refractivity (Wildman–Crippen MR) is 84.5 cm³/mol. The summed E-state index contributed by atoms with van der Waals surface area (Å²) in [6, 6.07) is 10.3. The van der Waals surface area contributed by atoms with Crippen molar-refractivity contribution in [2.24, 2.45) is 0 Å². The fourth-order valence-electron chi connectivity index (χ4n) is 2.97. The standard InChI is InChI=1S/C17H22N2O2/c1-3-14-11-21-12(2)9-19(14)17-8-13(10-20)15-6-4-5-7-16(15)18-17/h4-8,12,14,20H,3,9-11H2,1-2H3. The Morgan fingerprint density at radius 3 is 2.95 bits per heavy atom. The van der Waals surface area contributed by atoms with Crippen molar-refractivity contribution in [3.8, 4) is 0 Å². The monoisotopic (exact) mass is 286 g/mol. The summed E-state index contributed by atoms with van der Waals surface area (Å²) >= 11 is 0. The second kappa shape index (κ2) is 6.00. The summed E-state index contributed by atoms with van der Waals surface area (Å²) in [6.45, 7) is 5.87. The van der Waals surface area contributed by atoms with Crippen LogP contribution in [0.2, 0.25) is 0 Å². The molecule has 21 heavy (non-hydrogen) atoms. The quantitative estimate of drug-likeness (QED) is 0.942. The second-order valence-corrected chi connectivity index (χ2v) is 5.67. The van der Waals surface area contributed by atoms with E-state index in [2.05, 4.69) is 18.7 Å². The molecule has 112 valence electrons. The maximum absolute atomic E-state index is 9.66. The maximum atomic E-state index is 9.66. The molecule has 3 rings (SSSR count). The number of para-hydroxylation sites is 1. The van der Waals surface area contributed by atoms with E-state index in [1.54, 1.807) is 0 Å². The van der Waals surface area contributed by atoms with Crippen LogP contribution in [0.4, 0.5) is 5.82 Å². The highest BCUT2D eigenvalue weighted by molar-refractivity contribution is 5.84. The van der Waals surface area contributed by atoms with Crippen LogP contribution in [-0.2, 0) is 11.3 Å². The van der Waals surface area contributed by atoms with Crippen molar-refractivity contribution in [2.45, 2.75) is 39.0 Å². The number of fused-ring (bicyclic) bond motifs is 1. The van der Waals surface area contributed by atoms with Gasteiger partial charge in [-0.05, 0) is 31.0 Å². The molecule has 2 atom stereocenters. The molecule has 1 saturated heterocycles. The van der Waals surface area contributed by atoms with Crippen LogP contribution >= 0.6 is 0 Å². The predicted octanol–water partition coefficient (Wildman–Crippen LogP) is 2.73. The molecule has 1 aromatic heterocycles. The Kier molecular flexibility index (Phi) is 4.08. The highest BCUT2D eigenvalue weighted by Gasteiger charge is 2.27. The fourth-order valence-corrected chi connectivity index (χ4v) is 2.97. The Morgan fingerprint density at radius 2 is 2.19 bits per heavy atom. The minimum Gasteiger partial charge on any atom is -0.392 e. The van der Waals surface area contributed by atoms with Gasteiger partial charge in [0.25, 0.3) is 0 Å². The van der Waals surface area contributed by atoms with Gasteiger partial charge >= 0.3 is 0 Å². The smallest absolute Gasteiger partial charge is 0.130 e. The number of anilines is 1. The average Bonchev–Trinajstić information content (AvgIpc) is 2.53. The van der Waals surface area contributed by atoms with Crippen molar-refractivity contribution in [3.63, 3.8) is 0 Å². The molecule has 2 aromatic rings. The van der Waals surface area contributed by atoms with Crippen molar-refractivity contribution in [1.29, 1.82) is 0 Å². The lowest BCUT2D eigenvalue weighted by Crippen LogP contribution is -2.49. The van der Waals surface area contributed by atoms with E-state index in [1.807, 2.05) is 30.3 Å². The summed E-state index contributed by atoms with van der Waals surface area (Å²) in [5.74, 6) is 0.944. The van der Waals surface area contributed by atoms with E-state index >= 15 is 0 Å². The first kappa shape index (κ1) is 14.3. The fraction of sp³-hybridized carbons (Fsp3) is 0.471. The Labute approximate surface area is 125 Å². The van der Waals surface area contributed by atoms with E-state index in [-0.39, 0.29) is 12.7 Å². The van der Waals surface area contributed by atoms with E-state index in [9.17, 15) is 5.11 Å². The molecule has 0 spiro atoms. The number of pyridine rings is 1. The number of ether oxygens (including phenoxy) is 1. The van der Waals surface area contributed by atoms with Gasteiger partial charge in [-0.2, -0.15) is 0 Å². The van der Waals surface area contributed by atoms with Crippen LogP contribution in [0.25, 0.3) is 10.9 Å². The van der Waals surface area contributed by atoms with Gasteiger partial charge in [0.1, 0.15) is 5.82 Å². The summed E-state index contributed by atoms with van der Waals surface area (Å²) in [6.07, 6.45) is 1.23. The molecule has 0 bridgehead atoms. The SMILES string of the molecule is CCC1COC(C)CN1c1cc(CO)c2ccccc2n1. The van der Waals surface area contributed by atoms with Gasteiger partial charge in [0, 0.05) is 11.9 Å². The summed E-state index contributed by atoms with van der Waals surface area (Å²) < 4.78 is 5.76. The van der Waals surface area contributed by atoms with E-state index in [0.29, 0.717) is 6.04 Å². The van der Waals surface area contributed by atoms with E-state index in [1.165, 1.54) is 0 Å². The first-order valence-corrected chi connectivity index (χ1v) is 7.60. The van der Waals surface area contributed by atoms with Crippen molar-refractivity contribution < 1.29 is 9.84 Å². The molecule has 4 heteroatoms. The number of aromatic nitrogens is 1. The summed E-state index contributed by atoms with van der Waals surface area (Å²) in [4.78, 5) is 7.12. The summed E-state index contributed by atoms with van der Waals surface area (Å²) in [7, 11) is 0. The highest BCUT2D eigenvalue weighted by atomic mass is 16.5. The van der Waals surface area contributed by atoms with Crippen LogP contribution in [0.1, 0.15) is 25.8 Å². The van der Waals surface area contributed by atoms with Gasteiger partial charge in [0.05, 0.1) is 30.9 Å². The summed E-state index contributed by atoms with van der Waals surface area (Å²) in [5, 5.41) is 10.7. The van der Waals surface area contributed by atoms with Crippen LogP contribution < -0.4 is 4.90 Å². The highest BCUT2D eigenvalue weighted by Crippen LogP contribution is 2.27. The zero-order valence-corrected chi connectivity index (χ0v) is 12.6. The molecule has 4 nitrogen and oxygen atoms in total. The van der Waals surface area contributed by atoms with Crippen molar-refractivity contribution in [3.05, 3.63) is 35.9 Å². The molecule has 0 saturated carbocycles. The molecule has 1 fully saturated rings. The Bertz CT molecular complexity index is 629. The normalized spacial score (nSPS) is 22.7. The first-order chi connectivity index (χ1) is 10.2. The third-order valence-electron chi connectivity index (χ3n) is 4.19. The van der Waals surface area contributed by atoms with Gasteiger partial charge in [0.2, 0.25) is 0 Å². The van der Waals surface area contributed by atoms with Gasteiger partial charge in [-0.1, -0.05) is 25.1 Å². The van der Waals surface area contributed by atoms with Crippen molar-refractivity contribution in [1.82, 2.24) is 4.98 Å². The molecule has 0 radical (unpaired) electrons. The molecule has 1 N–H and O–H groups in total. The van der Waals surface area contributed by atoms with Gasteiger partial charge in [-0.15, -0.1) is 0 Å². The molecule has 0 aliphatic carbocycles. The van der Waals surface area contributed by atoms with Crippen LogP contribution in [0.3, 0.4) is 0 Å². The topological polar surface area (TPSA) is 45.6 Å². The average molecular weight is 286 g/mol. The number of hydrogen-bond acceptors (Lipinski definition) is 4. The Hall–Kier alpha value is -1.65. The number of rotatable bonds is 3. The van der Waals surface area contributed by atoms with Gasteiger partial charge in [0.15, 0.2) is 0 Å². The van der Waals surface area contributed by atoms with Crippen LogP contribution in [0, 0.1) is 0 Å². The molecular weight excluding hydrogens is 264 g/mol. The van der Waals surface area contributed by atoms with Gasteiger partial charge in [-0.3, -0.25) is 0 Å². The van der Waals surface area contributed by atoms with Gasteiger partial charge in [-0.25, -0.2) is 4.98 Å². The van der Waals surface area contributed by atoms with Gasteiger partial charge < -0.3 is 14.7 Å². The molecule has 0 amide bonds. The largest absolute Gasteiger partial charge is 0.392 e. The first-order valence-electron chi connectivity index (χ1n) is 7.60. The number of nitrogens with zero attached hydrogens (tertiary/aromatic N) is 2. The van der Waals surface area contributed by atoms with Crippen molar-refractivity contribution >= 4 is 16.7 Å².